The number of hydrazine groups is 1. The number of halogens is 1. The smallest absolute Gasteiger partial charge is 0.411 e. The molecule has 196 valence electrons. The van der Waals surface area contributed by atoms with Crippen molar-refractivity contribution >= 4 is 17.9 Å². The largest absolute Gasteiger partial charge is 0.464 e. The van der Waals surface area contributed by atoms with E-state index in [1.165, 1.54) is 4.90 Å². The lowest BCUT2D eigenvalue weighted by Crippen LogP contribution is -2.57. The van der Waals surface area contributed by atoms with Gasteiger partial charge in [0, 0.05) is 13.0 Å². The molecule has 1 amide bonds. The standard InChI is InChI=1S/C24H44FN5O4/c1-6-16(7-2)15-33-21(31)19-12-18-13-24(25,11-9-20(28-26)29-27)10-8-17(18)14-30(19)22(32)34-23(3,4)5/h16-19H,6-15,26-27H2,1-5H3,(H,28,29). The third-order valence-corrected chi connectivity index (χ3v) is 7.24. The van der Waals surface area contributed by atoms with Gasteiger partial charge in [0.2, 0.25) is 0 Å². The van der Waals surface area contributed by atoms with Crippen LogP contribution in [0.1, 0.15) is 86.0 Å². The number of amides is 1. The second-order valence-electron chi connectivity index (χ2n) is 10.8. The maximum Gasteiger partial charge on any atom is 0.411 e. The van der Waals surface area contributed by atoms with E-state index in [0.29, 0.717) is 51.1 Å². The number of nitrogens with zero attached hydrogens (tertiary/aromatic N) is 2. The van der Waals surface area contributed by atoms with Gasteiger partial charge in [-0.3, -0.25) is 4.90 Å². The van der Waals surface area contributed by atoms with Gasteiger partial charge in [-0.1, -0.05) is 26.7 Å². The van der Waals surface area contributed by atoms with Gasteiger partial charge in [0.15, 0.2) is 0 Å². The molecule has 9 nitrogen and oxygen atoms in total. The van der Waals surface area contributed by atoms with Crippen LogP contribution in [0.5, 0.6) is 0 Å². The highest BCUT2D eigenvalue weighted by molar-refractivity contribution is 5.82. The van der Waals surface area contributed by atoms with Gasteiger partial charge < -0.3 is 20.7 Å². The van der Waals surface area contributed by atoms with Crippen LogP contribution < -0.4 is 17.1 Å². The predicted molar refractivity (Wildman–Crippen MR) is 129 cm³/mol. The average Bonchev–Trinajstić information content (AvgIpc) is 2.78. The normalized spacial score (nSPS) is 27.8. The Bertz CT molecular complexity index is 725. The summed E-state index contributed by atoms with van der Waals surface area (Å²) in [6, 6.07) is -0.778. The second-order valence-corrected chi connectivity index (χ2v) is 10.8. The molecule has 0 bridgehead atoms. The molecule has 2 fully saturated rings. The Kier molecular flexibility index (Phi) is 9.96. The molecular weight excluding hydrogens is 441 g/mol. The number of likely N-dealkylation sites (tertiary alicyclic amines) is 1. The highest BCUT2D eigenvalue weighted by Gasteiger charge is 2.49. The molecule has 1 saturated carbocycles. The van der Waals surface area contributed by atoms with Crippen LogP contribution in [0.4, 0.5) is 9.18 Å². The molecule has 34 heavy (non-hydrogen) atoms. The molecule has 1 saturated heterocycles. The summed E-state index contributed by atoms with van der Waals surface area (Å²) in [5, 5.41) is 3.54. The molecule has 10 heteroatoms. The lowest BCUT2D eigenvalue weighted by molar-refractivity contribution is -0.156. The van der Waals surface area contributed by atoms with Gasteiger partial charge in [-0.25, -0.2) is 19.8 Å². The SMILES string of the molecule is CCC(CC)COC(=O)C1CC2CC(F)(CC/C(=N/N)NN)CCC2CN1C(=O)OC(C)(C)C. The number of fused-ring (bicyclic) bond motifs is 1. The van der Waals surface area contributed by atoms with Crippen molar-refractivity contribution in [2.45, 2.75) is 103 Å². The minimum atomic E-state index is -1.40. The van der Waals surface area contributed by atoms with Gasteiger partial charge in [0.1, 0.15) is 23.1 Å². The number of esters is 1. The van der Waals surface area contributed by atoms with Crippen LogP contribution in [0.3, 0.4) is 0 Å². The lowest BCUT2D eigenvalue weighted by Gasteiger charge is -2.48. The van der Waals surface area contributed by atoms with E-state index in [1.54, 1.807) is 20.8 Å². The fraction of sp³-hybridized carbons (Fsp3) is 0.875. The van der Waals surface area contributed by atoms with Crippen molar-refractivity contribution in [3.05, 3.63) is 0 Å². The maximum absolute atomic E-state index is 15.7. The van der Waals surface area contributed by atoms with E-state index in [9.17, 15) is 9.59 Å². The molecule has 2 aliphatic rings. The van der Waals surface area contributed by atoms with Gasteiger partial charge in [0.25, 0.3) is 0 Å². The van der Waals surface area contributed by atoms with Crippen LogP contribution in [-0.2, 0) is 14.3 Å². The Labute approximate surface area is 203 Å². The van der Waals surface area contributed by atoms with Crippen molar-refractivity contribution in [1.82, 2.24) is 10.3 Å². The van der Waals surface area contributed by atoms with Gasteiger partial charge in [-0.05, 0) is 70.6 Å². The molecule has 1 heterocycles. The summed E-state index contributed by atoms with van der Waals surface area (Å²) in [5.74, 6) is 10.9. The molecule has 0 radical (unpaired) electrons. The Morgan fingerprint density at radius 1 is 1.26 bits per heavy atom. The summed E-state index contributed by atoms with van der Waals surface area (Å²) in [6.45, 7) is 10.2. The van der Waals surface area contributed by atoms with Crippen LogP contribution in [0.25, 0.3) is 0 Å². The summed E-state index contributed by atoms with van der Waals surface area (Å²) in [7, 11) is 0. The van der Waals surface area contributed by atoms with E-state index in [4.69, 9.17) is 21.2 Å². The summed E-state index contributed by atoms with van der Waals surface area (Å²) in [5.41, 5.74) is 0.316. The number of alkyl halides is 1. The van der Waals surface area contributed by atoms with E-state index in [2.05, 4.69) is 24.4 Å². The van der Waals surface area contributed by atoms with Gasteiger partial charge in [-0.15, -0.1) is 0 Å². The first-order chi connectivity index (χ1) is 15.9. The number of ether oxygens (including phenoxy) is 2. The molecule has 0 aromatic carbocycles. The summed E-state index contributed by atoms with van der Waals surface area (Å²) >= 11 is 0. The molecule has 4 atom stereocenters. The first kappa shape index (κ1) is 28.1. The zero-order valence-electron chi connectivity index (χ0n) is 21.4. The van der Waals surface area contributed by atoms with Crippen molar-refractivity contribution in [2.24, 2.45) is 34.5 Å². The number of carbonyl (C=O) groups excluding carboxylic acids is 2. The van der Waals surface area contributed by atoms with Gasteiger partial charge in [0.05, 0.1) is 6.61 Å². The minimum absolute atomic E-state index is 0.0350. The monoisotopic (exact) mass is 485 g/mol. The van der Waals surface area contributed by atoms with Crippen LogP contribution in [-0.4, -0.2) is 53.3 Å². The third kappa shape index (κ3) is 7.71. The zero-order valence-corrected chi connectivity index (χ0v) is 21.4. The molecule has 0 spiro atoms. The molecule has 2 rings (SSSR count). The first-order valence-electron chi connectivity index (χ1n) is 12.5. The quantitative estimate of drug-likeness (QED) is 0.157. The number of nitrogens with two attached hydrogens (primary N) is 2. The highest BCUT2D eigenvalue weighted by Crippen LogP contribution is 2.46. The van der Waals surface area contributed by atoms with Gasteiger partial charge >= 0.3 is 12.1 Å². The number of amidine groups is 1. The predicted octanol–water partition coefficient (Wildman–Crippen LogP) is 3.62. The van der Waals surface area contributed by atoms with Crippen LogP contribution >= 0.6 is 0 Å². The Morgan fingerprint density at radius 3 is 2.50 bits per heavy atom. The second kappa shape index (κ2) is 12.0. The van der Waals surface area contributed by atoms with Crippen LogP contribution in [0, 0.1) is 17.8 Å². The van der Waals surface area contributed by atoms with E-state index >= 15 is 4.39 Å². The molecule has 1 aliphatic carbocycles. The van der Waals surface area contributed by atoms with E-state index in [-0.39, 0.29) is 24.2 Å². The fourth-order valence-electron chi connectivity index (χ4n) is 5.04. The number of rotatable bonds is 8. The van der Waals surface area contributed by atoms with Crippen molar-refractivity contribution < 1.29 is 23.5 Å². The van der Waals surface area contributed by atoms with Crippen molar-refractivity contribution in [2.75, 3.05) is 13.2 Å². The van der Waals surface area contributed by atoms with Crippen LogP contribution in [0.15, 0.2) is 5.10 Å². The highest BCUT2D eigenvalue weighted by atomic mass is 19.1. The molecular formula is C24H44FN5O4. The number of piperidine rings is 1. The number of hydrogen-bond acceptors (Lipinski definition) is 7. The Balaban J connectivity index is 2.15. The third-order valence-electron chi connectivity index (χ3n) is 7.24. The maximum atomic E-state index is 15.7. The first-order valence-corrected chi connectivity index (χ1v) is 12.5. The van der Waals surface area contributed by atoms with Crippen LogP contribution in [0.2, 0.25) is 0 Å². The summed E-state index contributed by atoms with van der Waals surface area (Å²) in [4.78, 5) is 27.6. The number of nitrogens with one attached hydrogen (secondary N) is 1. The Hall–Kier alpha value is -2.10. The van der Waals surface area contributed by atoms with E-state index < -0.39 is 29.4 Å². The van der Waals surface area contributed by atoms with Crippen molar-refractivity contribution in [3.63, 3.8) is 0 Å². The summed E-state index contributed by atoms with van der Waals surface area (Å²) in [6.07, 6.45) is 3.54. The molecule has 4 unspecified atom stereocenters. The molecule has 0 aromatic rings. The van der Waals surface area contributed by atoms with Crippen molar-refractivity contribution in [1.29, 1.82) is 0 Å². The van der Waals surface area contributed by atoms with Gasteiger partial charge in [-0.2, -0.15) is 5.10 Å². The topological polar surface area (TPSA) is 132 Å². The number of hydrazone groups is 1. The molecule has 0 aromatic heterocycles. The minimum Gasteiger partial charge on any atom is -0.464 e. The fourth-order valence-corrected chi connectivity index (χ4v) is 5.04. The average molecular weight is 486 g/mol. The lowest BCUT2D eigenvalue weighted by atomic mass is 9.67. The Morgan fingerprint density at radius 2 is 1.94 bits per heavy atom. The number of carbonyl (C=O) groups is 2. The zero-order chi connectivity index (χ0) is 25.5. The number of hydrogen-bond donors (Lipinski definition) is 3. The summed E-state index contributed by atoms with van der Waals surface area (Å²) < 4.78 is 27.0. The van der Waals surface area contributed by atoms with E-state index in [1.807, 2.05) is 0 Å². The van der Waals surface area contributed by atoms with E-state index in [0.717, 1.165) is 12.8 Å². The van der Waals surface area contributed by atoms with Crippen molar-refractivity contribution in [3.8, 4) is 0 Å². The molecule has 5 N–H and O–H groups in total. The molecule has 1 aliphatic heterocycles.